The first kappa shape index (κ1) is 35.2. The maximum absolute atomic E-state index is 2.45. The van der Waals surface area contributed by atoms with Crippen LogP contribution in [0.1, 0.15) is 25.0 Å². The van der Waals surface area contributed by atoms with E-state index in [0.29, 0.717) is 0 Å². The summed E-state index contributed by atoms with van der Waals surface area (Å²) in [4.78, 5) is 2.45. The topological polar surface area (TPSA) is 3.24 Å². The highest BCUT2D eigenvalue weighted by molar-refractivity contribution is 7.27. The van der Waals surface area contributed by atoms with Crippen molar-refractivity contribution in [1.82, 2.24) is 0 Å². The fourth-order valence-electron chi connectivity index (χ4n) is 9.25. The zero-order chi connectivity index (χ0) is 39.5. The first-order valence-electron chi connectivity index (χ1n) is 20.4. The number of hydrogen-bond acceptors (Lipinski definition) is 2. The van der Waals surface area contributed by atoms with E-state index in [1.807, 2.05) is 11.3 Å². The summed E-state index contributed by atoms with van der Waals surface area (Å²) in [5.74, 6) is 0. The van der Waals surface area contributed by atoms with Gasteiger partial charge in [0.1, 0.15) is 0 Å². The molecule has 1 heterocycles. The molecule has 9 aromatic carbocycles. The van der Waals surface area contributed by atoms with Gasteiger partial charge in [-0.1, -0.05) is 184 Å². The molecule has 280 valence electrons. The van der Waals surface area contributed by atoms with Crippen LogP contribution in [0.25, 0.3) is 75.8 Å². The third kappa shape index (κ3) is 5.99. The van der Waals surface area contributed by atoms with Crippen molar-refractivity contribution in [2.75, 3.05) is 4.90 Å². The number of benzene rings is 9. The maximum Gasteiger partial charge on any atom is 0.0640 e. The van der Waals surface area contributed by atoms with Gasteiger partial charge in [0.05, 0.1) is 10.4 Å². The minimum atomic E-state index is -0.0458. The van der Waals surface area contributed by atoms with Gasteiger partial charge in [-0.3, -0.25) is 0 Å². The van der Waals surface area contributed by atoms with E-state index in [0.717, 1.165) is 11.4 Å². The number of rotatable bonds is 7. The highest BCUT2D eigenvalue weighted by Gasteiger charge is 2.37. The van der Waals surface area contributed by atoms with Gasteiger partial charge in [-0.25, -0.2) is 0 Å². The van der Waals surface area contributed by atoms with Crippen molar-refractivity contribution in [3.63, 3.8) is 0 Å². The molecule has 1 nitrogen and oxygen atoms in total. The Kier molecular flexibility index (Phi) is 8.43. The molecule has 0 amide bonds. The van der Waals surface area contributed by atoms with Crippen molar-refractivity contribution in [2.45, 2.75) is 19.3 Å². The Balaban J connectivity index is 1.05. The van der Waals surface area contributed by atoms with Crippen LogP contribution in [-0.2, 0) is 5.41 Å². The smallest absolute Gasteiger partial charge is 0.0640 e. The van der Waals surface area contributed by atoms with Crippen LogP contribution in [0.2, 0.25) is 0 Å². The monoisotopic (exact) mass is 771 g/mol. The molecule has 0 fully saturated rings. The predicted octanol–water partition coefficient (Wildman–Crippen LogP) is 16.5. The van der Waals surface area contributed by atoms with Gasteiger partial charge in [0.2, 0.25) is 0 Å². The predicted molar refractivity (Wildman–Crippen MR) is 253 cm³/mol. The second-order valence-corrected chi connectivity index (χ2v) is 17.1. The van der Waals surface area contributed by atoms with E-state index in [9.17, 15) is 0 Å². The molecule has 10 aromatic rings. The van der Waals surface area contributed by atoms with Gasteiger partial charge >= 0.3 is 0 Å². The SMILES string of the molecule is CC1(C)c2ccccc2-c2c1ccc1c2sc2c(N(c3ccc(-c4cccc(-c5ccccc5)c4)cc3)c3ccc(-c4cccc(-c5ccccc5)c4)cc3)cccc21. The van der Waals surface area contributed by atoms with Crippen LogP contribution in [0, 0.1) is 0 Å². The van der Waals surface area contributed by atoms with E-state index in [4.69, 9.17) is 0 Å². The van der Waals surface area contributed by atoms with Crippen LogP contribution < -0.4 is 4.90 Å². The number of nitrogens with zero attached hydrogens (tertiary/aromatic N) is 1. The lowest BCUT2D eigenvalue weighted by Crippen LogP contribution is -2.14. The lowest BCUT2D eigenvalue weighted by molar-refractivity contribution is 0.661. The summed E-state index contributed by atoms with van der Waals surface area (Å²) < 4.78 is 2.66. The highest BCUT2D eigenvalue weighted by atomic mass is 32.1. The summed E-state index contributed by atoms with van der Waals surface area (Å²) in [6.45, 7) is 4.74. The molecule has 1 aliphatic rings. The molecule has 0 atom stereocenters. The van der Waals surface area contributed by atoms with Gasteiger partial charge in [0, 0.05) is 37.8 Å². The second kappa shape index (κ2) is 14.1. The van der Waals surface area contributed by atoms with Crippen LogP contribution in [0.5, 0.6) is 0 Å². The molecule has 1 aliphatic carbocycles. The Labute approximate surface area is 350 Å². The molecule has 0 bridgehead atoms. The molecule has 2 heteroatoms. The van der Waals surface area contributed by atoms with E-state index in [2.05, 4.69) is 231 Å². The van der Waals surface area contributed by atoms with Gasteiger partial charge < -0.3 is 4.90 Å². The van der Waals surface area contributed by atoms with Crippen molar-refractivity contribution in [2.24, 2.45) is 0 Å². The standard InChI is InChI=1S/C57H41NS/c1-57(2)51-24-10-9-22-50(51)54-52(57)35-34-49-48-23-13-25-53(55(48)59-56(49)54)58(46-30-26-40(27-31-46)44-20-11-18-42(36-44)38-14-5-3-6-15-38)47-32-28-41(29-33-47)45-21-12-19-43(37-45)39-16-7-4-8-17-39/h3-37H,1-2H3. The summed E-state index contributed by atoms with van der Waals surface area (Å²) in [6.07, 6.45) is 0. The van der Waals surface area contributed by atoms with E-state index in [1.54, 1.807) is 0 Å². The molecule has 0 radical (unpaired) electrons. The molecular formula is C57H41NS. The largest absolute Gasteiger partial charge is 0.309 e. The van der Waals surface area contributed by atoms with Gasteiger partial charge in [0.15, 0.2) is 0 Å². The van der Waals surface area contributed by atoms with E-state index in [1.165, 1.54) is 92.6 Å². The Morgan fingerprint density at radius 1 is 0.356 bits per heavy atom. The summed E-state index contributed by atoms with van der Waals surface area (Å²) in [7, 11) is 0. The highest BCUT2D eigenvalue weighted by Crippen LogP contribution is 2.55. The number of fused-ring (bicyclic) bond motifs is 7. The fraction of sp³-hybridized carbons (Fsp3) is 0.0526. The van der Waals surface area contributed by atoms with Crippen molar-refractivity contribution in [3.05, 3.63) is 223 Å². The van der Waals surface area contributed by atoms with Gasteiger partial charge in [-0.15, -0.1) is 11.3 Å². The molecule has 0 saturated heterocycles. The summed E-state index contributed by atoms with van der Waals surface area (Å²) in [5.41, 5.74) is 18.6. The third-order valence-electron chi connectivity index (χ3n) is 12.3. The first-order valence-corrected chi connectivity index (χ1v) is 21.2. The zero-order valence-electron chi connectivity index (χ0n) is 33.1. The van der Waals surface area contributed by atoms with Gasteiger partial charge in [-0.2, -0.15) is 0 Å². The first-order chi connectivity index (χ1) is 29.0. The normalized spacial score (nSPS) is 12.7. The van der Waals surface area contributed by atoms with Crippen LogP contribution in [-0.4, -0.2) is 0 Å². The molecule has 11 rings (SSSR count). The van der Waals surface area contributed by atoms with Crippen molar-refractivity contribution in [3.8, 4) is 55.6 Å². The summed E-state index contributed by atoms with van der Waals surface area (Å²) in [5, 5.41) is 2.61. The lowest BCUT2D eigenvalue weighted by atomic mass is 9.82. The minimum absolute atomic E-state index is 0.0458. The van der Waals surface area contributed by atoms with Crippen molar-refractivity contribution in [1.29, 1.82) is 0 Å². The quantitative estimate of drug-likeness (QED) is 0.156. The average molecular weight is 772 g/mol. The average Bonchev–Trinajstić information content (AvgIpc) is 3.80. The van der Waals surface area contributed by atoms with E-state index < -0.39 is 0 Å². The van der Waals surface area contributed by atoms with Crippen molar-refractivity contribution < 1.29 is 0 Å². The maximum atomic E-state index is 2.45. The van der Waals surface area contributed by atoms with Gasteiger partial charge in [0.25, 0.3) is 0 Å². The van der Waals surface area contributed by atoms with Crippen LogP contribution in [0.3, 0.4) is 0 Å². The fourth-order valence-corrected chi connectivity index (χ4v) is 10.6. The molecule has 0 spiro atoms. The Hall–Kier alpha value is -7.00. The van der Waals surface area contributed by atoms with Crippen LogP contribution in [0.15, 0.2) is 212 Å². The van der Waals surface area contributed by atoms with Crippen molar-refractivity contribution >= 4 is 48.6 Å². The zero-order valence-corrected chi connectivity index (χ0v) is 33.9. The molecule has 0 N–H and O–H groups in total. The van der Waals surface area contributed by atoms with Crippen LogP contribution >= 0.6 is 11.3 Å². The van der Waals surface area contributed by atoms with E-state index >= 15 is 0 Å². The molecule has 1 aromatic heterocycles. The summed E-state index contributed by atoms with van der Waals surface area (Å²) in [6, 6.07) is 77.7. The minimum Gasteiger partial charge on any atom is -0.309 e. The number of thiophene rings is 1. The second-order valence-electron chi connectivity index (χ2n) is 16.1. The number of anilines is 3. The molecular weight excluding hydrogens is 731 g/mol. The molecule has 0 aliphatic heterocycles. The van der Waals surface area contributed by atoms with E-state index in [-0.39, 0.29) is 5.41 Å². The molecule has 0 saturated carbocycles. The Morgan fingerprint density at radius 2 is 0.814 bits per heavy atom. The van der Waals surface area contributed by atoms with Gasteiger partial charge in [-0.05, 0) is 104 Å². The molecule has 59 heavy (non-hydrogen) atoms. The third-order valence-corrected chi connectivity index (χ3v) is 13.5. The summed E-state index contributed by atoms with van der Waals surface area (Å²) >= 11 is 1.93. The molecule has 0 unspecified atom stereocenters. The number of hydrogen-bond donors (Lipinski definition) is 0. The Morgan fingerprint density at radius 3 is 1.37 bits per heavy atom. The van der Waals surface area contributed by atoms with Crippen LogP contribution in [0.4, 0.5) is 17.1 Å². The Bertz CT molecular complexity index is 3030. The lowest BCUT2D eigenvalue weighted by Gasteiger charge is -2.26.